The van der Waals surface area contributed by atoms with Gasteiger partial charge in [0.15, 0.2) is 5.82 Å². The Morgan fingerprint density at radius 3 is 3.12 bits per heavy atom. The maximum atomic E-state index is 12.0. The van der Waals surface area contributed by atoms with Crippen LogP contribution in [0, 0.1) is 0 Å². The Bertz CT molecular complexity index is 364. The van der Waals surface area contributed by atoms with Gasteiger partial charge in [0.2, 0.25) is 12.3 Å². The largest absolute Gasteiger partial charge is 0.343 e. The molecule has 1 amide bonds. The molecule has 1 N–H and O–H groups in total. The van der Waals surface area contributed by atoms with E-state index in [0.29, 0.717) is 24.8 Å². The molecule has 1 aromatic rings. The fourth-order valence-corrected chi connectivity index (χ4v) is 2.06. The number of carbonyl (C=O) groups is 1. The molecule has 1 unspecified atom stereocenters. The van der Waals surface area contributed by atoms with Crippen molar-refractivity contribution in [1.29, 1.82) is 0 Å². The van der Waals surface area contributed by atoms with Crippen LogP contribution >= 0.6 is 0 Å². The number of carbonyl (C=O) groups excluding carboxylic acids is 1. The maximum Gasteiger partial charge on any atom is 0.239 e. The summed E-state index contributed by atoms with van der Waals surface area (Å²) in [5, 5.41) is 7.00. The van der Waals surface area contributed by atoms with Gasteiger partial charge in [-0.25, -0.2) is 0 Å². The van der Waals surface area contributed by atoms with Crippen molar-refractivity contribution in [3.63, 3.8) is 0 Å². The van der Waals surface area contributed by atoms with Gasteiger partial charge < -0.3 is 14.7 Å². The van der Waals surface area contributed by atoms with E-state index >= 15 is 0 Å². The molecule has 94 valence electrons. The van der Waals surface area contributed by atoms with Gasteiger partial charge in [-0.15, -0.1) is 0 Å². The van der Waals surface area contributed by atoms with Crippen molar-refractivity contribution >= 4 is 5.91 Å². The minimum atomic E-state index is -0.0275. The highest BCUT2D eigenvalue weighted by atomic mass is 16.5. The van der Waals surface area contributed by atoms with Crippen LogP contribution in [0.5, 0.6) is 0 Å². The predicted octanol–water partition coefficient (Wildman–Crippen LogP) is 0.211. The molecule has 1 aliphatic heterocycles. The Morgan fingerprint density at radius 2 is 2.47 bits per heavy atom. The van der Waals surface area contributed by atoms with Crippen LogP contribution in [0.1, 0.15) is 26.1 Å². The summed E-state index contributed by atoms with van der Waals surface area (Å²) in [5.74, 6) is 0.834. The van der Waals surface area contributed by atoms with E-state index in [9.17, 15) is 4.79 Å². The SMILES string of the molecule is CC(C)NC1CCN(CCc2ncon2)C1=O. The summed E-state index contributed by atoms with van der Waals surface area (Å²) >= 11 is 0. The molecule has 0 saturated carbocycles. The van der Waals surface area contributed by atoms with E-state index in [-0.39, 0.29) is 11.9 Å². The Balaban J connectivity index is 1.81. The van der Waals surface area contributed by atoms with E-state index in [1.165, 1.54) is 6.39 Å². The number of hydrogen-bond acceptors (Lipinski definition) is 5. The summed E-state index contributed by atoms with van der Waals surface area (Å²) in [6, 6.07) is 0.307. The first-order valence-electron chi connectivity index (χ1n) is 5.97. The van der Waals surface area contributed by atoms with E-state index in [4.69, 9.17) is 0 Å². The molecule has 2 rings (SSSR count). The van der Waals surface area contributed by atoms with Crippen molar-refractivity contribution in [2.24, 2.45) is 0 Å². The van der Waals surface area contributed by atoms with Gasteiger partial charge in [0, 0.05) is 25.6 Å². The minimum Gasteiger partial charge on any atom is -0.343 e. The molecule has 17 heavy (non-hydrogen) atoms. The fraction of sp³-hybridized carbons (Fsp3) is 0.727. The van der Waals surface area contributed by atoms with Gasteiger partial charge in [0.05, 0.1) is 6.04 Å². The van der Waals surface area contributed by atoms with Crippen LogP contribution < -0.4 is 5.32 Å². The summed E-state index contributed by atoms with van der Waals surface area (Å²) in [4.78, 5) is 17.8. The first-order chi connectivity index (χ1) is 8.16. The van der Waals surface area contributed by atoms with Crippen molar-refractivity contribution in [1.82, 2.24) is 20.4 Å². The Hall–Kier alpha value is -1.43. The monoisotopic (exact) mass is 238 g/mol. The van der Waals surface area contributed by atoms with Gasteiger partial charge in [-0.2, -0.15) is 4.98 Å². The molecule has 1 fully saturated rings. The van der Waals surface area contributed by atoms with Gasteiger partial charge in [-0.05, 0) is 6.42 Å². The first kappa shape index (κ1) is 12.0. The molecular formula is C11H18N4O2. The van der Waals surface area contributed by atoms with Crippen LogP contribution in [0.25, 0.3) is 0 Å². The van der Waals surface area contributed by atoms with E-state index in [2.05, 4.69) is 33.8 Å². The van der Waals surface area contributed by atoms with Crippen LogP contribution in [-0.4, -0.2) is 46.1 Å². The first-order valence-corrected chi connectivity index (χ1v) is 5.97. The second kappa shape index (κ2) is 5.27. The van der Waals surface area contributed by atoms with Crippen molar-refractivity contribution in [3.05, 3.63) is 12.2 Å². The van der Waals surface area contributed by atoms with E-state index in [0.717, 1.165) is 13.0 Å². The summed E-state index contributed by atoms with van der Waals surface area (Å²) < 4.78 is 4.65. The third kappa shape index (κ3) is 3.03. The Morgan fingerprint density at radius 1 is 1.65 bits per heavy atom. The lowest BCUT2D eigenvalue weighted by molar-refractivity contribution is -0.129. The molecule has 0 radical (unpaired) electrons. The van der Waals surface area contributed by atoms with Crippen LogP contribution in [-0.2, 0) is 11.2 Å². The Kier molecular flexibility index (Phi) is 3.73. The molecule has 2 heterocycles. The summed E-state index contributed by atoms with van der Waals surface area (Å²) in [6.45, 7) is 5.57. The van der Waals surface area contributed by atoms with Crippen LogP contribution in [0.3, 0.4) is 0 Å². The molecule has 1 atom stereocenters. The zero-order chi connectivity index (χ0) is 12.3. The van der Waals surface area contributed by atoms with E-state index in [1.54, 1.807) is 0 Å². The Labute approximate surface area is 100 Å². The third-order valence-corrected chi connectivity index (χ3v) is 2.84. The number of amides is 1. The minimum absolute atomic E-state index is 0.0275. The maximum absolute atomic E-state index is 12.0. The number of likely N-dealkylation sites (tertiary alicyclic amines) is 1. The third-order valence-electron chi connectivity index (χ3n) is 2.84. The van der Waals surface area contributed by atoms with Crippen LogP contribution in [0.2, 0.25) is 0 Å². The molecule has 6 nitrogen and oxygen atoms in total. The van der Waals surface area contributed by atoms with Crippen molar-refractivity contribution in [3.8, 4) is 0 Å². The lowest BCUT2D eigenvalue weighted by Gasteiger charge is -2.17. The molecule has 1 aromatic heterocycles. The van der Waals surface area contributed by atoms with Crippen molar-refractivity contribution in [2.45, 2.75) is 38.8 Å². The highest BCUT2D eigenvalue weighted by molar-refractivity contribution is 5.84. The summed E-state index contributed by atoms with van der Waals surface area (Å²) in [7, 11) is 0. The number of nitrogens with zero attached hydrogens (tertiary/aromatic N) is 3. The smallest absolute Gasteiger partial charge is 0.239 e. The second-order valence-electron chi connectivity index (χ2n) is 4.59. The standard InChI is InChI=1S/C11H18N4O2/c1-8(2)13-9-3-5-15(11(9)16)6-4-10-12-7-17-14-10/h7-9,13H,3-6H2,1-2H3. The van der Waals surface area contributed by atoms with Gasteiger partial charge in [-0.1, -0.05) is 19.0 Å². The average molecular weight is 238 g/mol. The highest BCUT2D eigenvalue weighted by Gasteiger charge is 2.31. The molecule has 0 spiro atoms. The fourth-order valence-electron chi connectivity index (χ4n) is 2.06. The van der Waals surface area contributed by atoms with Gasteiger partial charge in [0.25, 0.3) is 0 Å². The molecule has 6 heteroatoms. The highest BCUT2D eigenvalue weighted by Crippen LogP contribution is 2.12. The molecule has 1 saturated heterocycles. The average Bonchev–Trinajstić information content (AvgIpc) is 2.88. The van der Waals surface area contributed by atoms with Gasteiger partial charge >= 0.3 is 0 Å². The van der Waals surface area contributed by atoms with Crippen molar-refractivity contribution < 1.29 is 9.32 Å². The molecule has 0 aliphatic carbocycles. The number of nitrogens with one attached hydrogen (secondary N) is 1. The van der Waals surface area contributed by atoms with Gasteiger partial charge in [0.1, 0.15) is 0 Å². The molecule has 0 aromatic carbocycles. The number of hydrogen-bond donors (Lipinski definition) is 1. The second-order valence-corrected chi connectivity index (χ2v) is 4.59. The molecule has 0 bridgehead atoms. The van der Waals surface area contributed by atoms with Crippen molar-refractivity contribution in [2.75, 3.05) is 13.1 Å². The van der Waals surface area contributed by atoms with Gasteiger partial charge in [-0.3, -0.25) is 4.79 Å². The zero-order valence-corrected chi connectivity index (χ0v) is 10.2. The van der Waals surface area contributed by atoms with E-state index in [1.807, 2.05) is 4.90 Å². The topological polar surface area (TPSA) is 71.3 Å². The van der Waals surface area contributed by atoms with E-state index < -0.39 is 0 Å². The number of aromatic nitrogens is 2. The van der Waals surface area contributed by atoms with Crippen LogP contribution in [0.15, 0.2) is 10.9 Å². The lowest BCUT2D eigenvalue weighted by Crippen LogP contribution is -2.41. The molecule has 1 aliphatic rings. The predicted molar refractivity (Wildman–Crippen MR) is 61.3 cm³/mol. The number of rotatable bonds is 5. The van der Waals surface area contributed by atoms with Crippen LogP contribution in [0.4, 0.5) is 0 Å². The molecular weight excluding hydrogens is 220 g/mol. The zero-order valence-electron chi connectivity index (χ0n) is 10.2. The summed E-state index contributed by atoms with van der Waals surface area (Å²) in [6.07, 6.45) is 2.84. The summed E-state index contributed by atoms with van der Waals surface area (Å²) in [5.41, 5.74) is 0. The quantitative estimate of drug-likeness (QED) is 0.794. The normalized spacial score (nSPS) is 20.5. The lowest BCUT2D eigenvalue weighted by atomic mass is 10.2.